The summed E-state index contributed by atoms with van der Waals surface area (Å²) in [7, 11) is 1.27. The van der Waals surface area contributed by atoms with Gasteiger partial charge in [-0.25, -0.2) is 4.84 Å². The van der Waals surface area contributed by atoms with Crippen LogP contribution in [0.4, 0.5) is 5.69 Å². The van der Waals surface area contributed by atoms with E-state index in [9.17, 15) is 14.5 Å². The molecule has 0 spiro atoms. The van der Waals surface area contributed by atoms with E-state index in [4.69, 9.17) is 0 Å². The smallest absolute Gasteiger partial charge is 0.303 e. The Balaban J connectivity index is -0.000000535. The average molecular weight is 312 g/mol. The average Bonchev–Trinajstić information content (AvgIpc) is 2.64. The molecule has 0 radical (unpaired) electrons. The molecular formula is C17H30NO4+. The number of hydrogen-bond acceptors (Lipinski definition) is 4. The molecule has 0 aliphatic rings. The summed E-state index contributed by atoms with van der Waals surface area (Å²) in [5.74, 6) is -0.450. The van der Waals surface area contributed by atoms with Gasteiger partial charge in [-0.05, 0) is 5.56 Å². The largest absolute Gasteiger partial charge is 0.316 e. The zero-order valence-corrected chi connectivity index (χ0v) is 14.8. The van der Waals surface area contributed by atoms with Crippen LogP contribution in [0.1, 0.15) is 59.4 Å². The maximum Gasteiger partial charge on any atom is 0.316 e. The minimum atomic E-state index is -0.450. The van der Waals surface area contributed by atoms with Gasteiger partial charge in [-0.3, -0.25) is 0 Å². The van der Waals surface area contributed by atoms with E-state index in [1.54, 1.807) is 12.1 Å². The summed E-state index contributed by atoms with van der Waals surface area (Å²) >= 11 is 0. The summed E-state index contributed by atoms with van der Waals surface area (Å²) in [6, 6.07) is 6.32. The van der Waals surface area contributed by atoms with E-state index in [0.29, 0.717) is 28.7 Å². The number of nitrogens with zero attached hydrogens (tertiary/aromatic N) is 1. The molecule has 1 aromatic rings. The zero-order valence-electron chi connectivity index (χ0n) is 14.8. The molecule has 0 N–H and O–H groups in total. The zero-order chi connectivity index (χ0) is 18.0. The van der Waals surface area contributed by atoms with Gasteiger partial charge in [0.15, 0.2) is 7.11 Å². The SMILES string of the molecule is CC.CC.CC.CO[N+](=O)c1ccc(C(C=O)CC=O)cc1. The summed E-state index contributed by atoms with van der Waals surface area (Å²) in [6.45, 7) is 12.0. The Labute approximate surface area is 134 Å². The fourth-order valence-electron chi connectivity index (χ4n) is 1.32. The molecular weight excluding hydrogens is 282 g/mol. The van der Waals surface area contributed by atoms with Gasteiger partial charge in [0.25, 0.3) is 4.92 Å². The molecule has 1 unspecified atom stereocenters. The second-order valence-corrected chi connectivity index (χ2v) is 3.18. The highest BCUT2D eigenvalue weighted by atomic mass is 16.8. The lowest BCUT2D eigenvalue weighted by molar-refractivity contribution is -0.736. The number of carbonyl (C=O) groups is 2. The van der Waals surface area contributed by atoms with E-state index in [-0.39, 0.29) is 6.42 Å². The maximum absolute atomic E-state index is 11.1. The van der Waals surface area contributed by atoms with Crippen molar-refractivity contribution < 1.29 is 19.3 Å². The summed E-state index contributed by atoms with van der Waals surface area (Å²) in [5, 5.41) is 0. The van der Waals surface area contributed by atoms with Crippen molar-refractivity contribution >= 4 is 18.3 Å². The maximum atomic E-state index is 11.1. The molecule has 0 bridgehead atoms. The minimum Gasteiger partial charge on any atom is -0.303 e. The highest BCUT2D eigenvalue weighted by Crippen LogP contribution is 2.20. The van der Waals surface area contributed by atoms with Gasteiger partial charge in [-0.15, -0.1) is 0 Å². The normalized spacial score (nSPS) is 9.23. The molecule has 0 aromatic heterocycles. The Morgan fingerprint density at radius 2 is 1.45 bits per heavy atom. The van der Waals surface area contributed by atoms with Crippen molar-refractivity contribution in [3.05, 3.63) is 34.7 Å². The van der Waals surface area contributed by atoms with E-state index >= 15 is 0 Å². The van der Waals surface area contributed by atoms with Crippen LogP contribution in [0.15, 0.2) is 24.3 Å². The fraction of sp³-hybridized carbons (Fsp3) is 0.529. The van der Waals surface area contributed by atoms with Crippen LogP contribution in [-0.2, 0) is 14.4 Å². The summed E-state index contributed by atoms with van der Waals surface area (Å²) < 4.78 is 0. The van der Waals surface area contributed by atoms with Gasteiger partial charge < -0.3 is 9.59 Å². The quantitative estimate of drug-likeness (QED) is 0.568. The number of aldehydes is 2. The Kier molecular flexibility index (Phi) is 21.5. The van der Waals surface area contributed by atoms with Crippen LogP contribution in [0.5, 0.6) is 0 Å². The van der Waals surface area contributed by atoms with E-state index in [1.165, 1.54) is 19.2 Å². The molecule has 0 amide bonds. The lowest BCUT2D eigenvalue weighted by Crippen LogP contribution is -2.02. The van der Waals surface area contributed by atoms with Crippen molar-refractivity contribution in [2.75, 3.05) is 7.11 Å². The van der Waals surface area contributed by atoms with Crippen molar-refractivity contribution in [3.8, 4) is 0 Å². The van der Waals surface area contributed by atoms with E-state index in [1.807, 2.05) is 41.5 Å². The standard InChI is InChI=1S/C11H12NO4.3C2H6/c1-16-12(15)11-4-2-9(3-5-11)10(8-14)6-7-13;3*1-2/h2-5,7-8,10H,6H2,1H3;3*1-2H3/q+1;;;. The van der Waals surface area contributed by atoms with Crippen LogP contribution in [0, 0.1) is 4.91 Å². The highest BCUT2D eigenvalue weighted by molar-refractivity contribution is 5.68. The van der Waals surface area contributed by atoms with Crippen molar-refractivity contribution in [2.45, 2.75) is 53.9 Å². The third-order valence-corrected chi connectivity index (χ3v) is 2.21. The van der Waals surface area contributed by atoms with Crippen LogP contribution in [0.25, 0.3) is 0 Å². The molecule has 0 aliphatic carbocycles. The van der Waals surface area contributed by atoms with E-state index in [2.05, 4.69) is 4.84 Å². The molecule has 0 saturated heterocycles. The molecule has 126 valence electrons. The number of rotatable bonds is 6. The van der Waals surface area contributed by atoms with Crippen molar-refractivity contribution in [1.29, 1.82) is 0 Å². The van der Waals surface area contributed by atoms with Crippen LogP contribution >= 0.6 is 0 Å². The molecule has 0 heterocycles. The third kappa shape index (κ3) is 9.80. The highest BCUT2D eigenvalue weighted by Gasteiger charge is 2.15. The van der Waals surface area contributed by atoms with Crippen LogP contribution in [-0.4, -0.2) is 24.6 Å². The summed E-state index contributed by atoms with van der Waals surface area (Å²) in [6.07, 6.45) is 1.56. The number of carbonyl (C=O) groups excluding carboxylic acids is 2. The molecule has 22 heavy (non-hydrogen) atoms. The monoisotopic (exact) mass is 312 g/mol. The summed E-state index contributed by atoms with van der Waals surface area (Å²) in [5.41, 5.74) is 1.04. The second kappa shape index (κ2) is 19.0. The van der Waals surface area contributed by atoms with Crippen LogP contribution in [0.3, 0.4) is 0 Å². The molecule has 5 heteroatoms. The first-order valence-electron chi connectivity index (χ1n) is 7.73. The third-order valence-electron chi connectivity index (χ3n) is 2.21. The predicted molar refractivity (Wildman–Crippen MR) is 90.3 cm³/mol. The summed E-state index contributed by atoms with van der Waals surface area (Å²) in [4.78, 5) is 36.9. The first-order chi connectivity index (χ1) is 10.7. The van der Waals surface area contributed by atoms with Gasteiger partial charge in [-0.1, -0.05) is 53.7 Å². The first kappa shape index (κ1) is 24.9. The fourth-order valence-corrected chi connectivity index (χ4v) is 1.32. The lowest BCUT2D eigenvalue weighted by Gasteiger charge is -2.05. The topological polar surface area (TPSA) is 63.5 Å². The van der Waals surface area contributed by atoms with Gasteiger partial charge in [0.2, 0.25) is 0 Å². The van der Waals surface area contributed by atoms with Gasteiger partial charge in [0.05, 0.1) is 4.91 Å². The Morgan fingerprint density at radius 3 is 1.77 bits per heavy atom. The van der Waals surface area contributed by atoms with Crippen LogP contribution in [0.2, 0.25) is 0 Å². The van der Waals surface area contributed by atoms with E-state index in [0.717, 1.165) is 0 Å². The van der Waals surface area contributed by atoms with Gasteiger partial charge in [0, 0.05) is 24.5 Å². The predicted octanol–water partition coefficient (Wildman–Crippen LogP) is 4.61. The van der Waals surface area contributed by atoms with Gasteiger partial charge >= 0.3 is 5.69 Å². The lowest BCUT2D eigenvalue weighted by atomic mass is 9.98. The molecule has 5 nitrogen and oxygen atoms in total. The first-order valence-corrected chi connectivity index (χ1v) is 7.73. The molecule has 0 aliphatic heterocycles. The second-order valence-electron chi connectivity index (χ2n) is 3.18. The number of hydrogen-bond donors (Lipinski definition) is 0. The Morgan fingerprint density at radius 1 is 1.00 bits per heavy atom. The van der Waals surface area contributed by atoms with Gasteiger partial charge in [0.1, 0.15) is 12.6 Å². The van der Waals surface area contributed by atoms with Crippen molar-refractivity contribution in [2.24, 2.45) is 0 Å². The minimum absolute atomic E-state index is 0.147. The molecule has 1 rings (SSSR count). The van der Waals surface area contributed by atoms with Crippen LogP contribution < -0.4 is 0 Å². The molecule has 1 aromatic carbocycles. The van der Waals surface area contributed by atoms with E-state index < -0.39 is 5.92 Å². The van der Waals surface area contributed by atoms with Gasteiger partial charge in [-0.2, -0.15) is 0 Å². The molecule has 0 fully saturated rings. The number of benzene rings is 1. The Hall–Kier alpha value is -2.04. The van der Waals surface area contributed by atoms with Crippen molar-refractivity contribution in [3.63, 3.8) is 0 Å². The molecule has 0 saturated carbocycles. The molecule has 1 atom stereocenters. The Bertz CT molecular complexity index is 388. The van der Waals surface area contributed by atoms with Crippen molar-refractivity contribution in [1.82, 2.24) is 0 Å².